The number of anilines is 1. The smallest absolute Gasteiger partial charge is 0.255 e. The van der Waals surface area contributed by atoms with Crippen LogP contribution in [0, 0.1) is 0 Å². The predicted molar refractivity (Wildman–Crippen MR) is 91.1 cm³/mol. The highest BCUT2D eigenvalue weighted by Crippen LogP contribution is 2.38. The molecule has 2 N–H and O–H groups in total. The van der Waals surface area contributed by atoms with Crippen molar-refractivity contribution in [2.24, 2.45) is 0 Å². The molecule has 128 valence electrons. The van der Waals surface area contributed by atoms with Gasteiger partial charge in [0, 0.05) is 11.3 Å². The molecule has 2 rings (SSSR count). The lowest BCUT2D eigenvalue weighted by molar-refractivity contribution is 0.102. The quantitative estimate of drug-likeness (QED) is 0.851. The number of amides is 1. The molecule has 1 amide bonds. The third-order valence-electron chi connectivity index (χ3n) is 3.58. The normalized spacial score (nSPS) is 11.5. The fourth-order valence-corrected chi connectivity index (χ4v) is 2.26. The number of aliphatic hydroxyl groups is 1. The van der Waals surface area contributed by atoms with E-state index in [1.165, 1.54) is 21.3 Å². The van der Waals surface area contributed by atoms with E-state index in [0.29, 0.717) is 28.5 Å². The highest BCUT2D eigenvalue weighted by Gasteiger charge is 2.17. The van der Waals surface area contributed by atoms with Crippen LogP contribution in [0.5, 0.6) is 17.2 Å². The van der Waals surface area contributed by atoms with Crippen molar-refractivity contribution in [2.45, 2.75) is 13.0 Å². The fraction of sp³-hybridized carbons (Fsp3) is 0.278. The Morgan fingerprint density at radius 1 is 1.00 bits per heavy atom. The van der Waals surface area contributed by atoms with Crippen LogP contribution in [0.25, 0.3) is 0 Å². The Morgan fingerprint density at radius 3 is 1.96 bits per heavy atom. The van der Waals surface area contributed by atoms with Crippen LogP contribution >= 0.6 is 0 Å². The van der Waals surface area contributed by atoms with Gasteiger partial charge in [0.2, 0.25) is 5.75 Å². The molecule has 1 atom stereocenters. The summed E-state index contributed by atoms with van der Waals surface area (Å²) in [5.74, 6) is 0.940. The second kappa shape index (κ2) is 7.70. The number of carbonyl (C=O) groups excluding carboxylic acids is 1. The van der Waals surface area contributed by atoms with E-state index in [9.17, 15) is 9.90 Å². The minimum absolute atomic E-state index is 0.306. The molecule has 0 spiro atoms. The number of benzene rings is 2. The predicted octanol–water partition coefficient (Wildman–Crippen LogP) is 3.02. The van der Waals surface area contributed by atoms with Crippen molar-refractivity contribution < 1.29 is 24.1 Å². The highest BCUT2D eigenvalue weighted by molar-refractivity contribution is 6.05. The molecule has 6 nitrogen and oxygen atoms in total. The van der Waals surface area contributed by atoms with E-state index >= 15 is 0 Å². The number of methoxy groups -OCH3 is 3. The van der Waals surface area contributed by atoms with Crippen molar-refractivity contribution in [1.29, 1.82) is 0 Å². The van der Waals surface area contributed by atoms with E-state index in [2.05, 4.69) is 5.32 Å². The van der Waals surface area contributed by atoms with Crippen LogP contribution in [0.4, 0.5) is 5.69 Å². The van der Waals surface area contributed by atoms with Gasteiger partial charge in [-0.25, -0.2) is 0 Å². The fourth-order valence-electron chi connectivity index (χ4n) is 2.26. The summed E-state index contributed by atoms with van der Waals surface area (Å²) in [6, 6.07) is 10.2. The van der Waals surface area contributed by atoms with E-state index in [4.69, 9.17) is 14.2 Å². The molecule has 0 saturated heterocycles. The Balaban J connectivity index is 2.26. The first-order valence-electron chi connectivity index (χ1n) is 7.39. The van der Waals surface area contributed by atoms with Gasteiger partial charge in [-0.1, -0.05) is 12.1 Å². The second-order valence-electron chi connectivity index (χ2n) is 5.17. The Morgan fingerprint density at radius 2 is 1.54 bits per heavy atom. The number of rotatable bonds is 6. The van der Waals surface area contributed by atoms with Crippen LogP contribution in [-0.2, 0) is 0 Å². The molecule has 0 bridgehead atoms. The van der Waals surface area contributed by atoms with Crippen LogP contribution in [0.3, 0.4) is 0 Å². The maximum absolute atomic E-state index is 12.5. The van der Waals surface area contributed by atoms with Gasteiger partial charge < -0.3 is 24.6 Å². The summed E-state index contributed by atoms with van der Waals surface area (Å²) in [6.45, 7) is 1.68. The maximum atomic E-state index is 12.5. The van der Waals surface area contributed by atoms with Crippen molar-refractivity contribution in [3.05, 3.63) is 47.5 Å². The molecule has 0 aliphatic rings. The molecule has 0 saturated carbocycles. The average molecular weight is 331 g/mol. The summed E-state index contributed by atoms with van der Waals surface area (Å²) in [5, 5.41) is 12.3. The van der Waals surface area contributed by atoms with Gasteiger partial charge in [-0.3, -0.25) is 4.79 Å². The lowest BCUT2D eigenvalue weighted by Crippen LogP contribution is -2.12. The zero-order valence-electron chi connectivity index (χ0n) is 14.1. The Hall–Kier alpha value is -2.73. The van der Waals surface area contributed by atoms with Crippen LogP contribution in [0.1, 0.15) is 28.9 Å². The van der Waals surface area contributed by atoms with Crippen molar-refractivity contribution >= 4 is 11.6 Å². The van der Waals surface area contributed by atoms with Crippen molar-refractivity contribution in [1.82, 2.24) is 0 Å². The van der Waals surface area contributed by atoms with Crippen molar-refractivity contribution in [3.63, 3.8) is 0 Å². The molecular weight excluding hydrogens is 310 g/mol. The van der Waals surface area contributed by atoms with E-state index in [0.717, 1.165) is 5.56 Å². The van der Waals surface area contributed by atoms with Gasteiger partial charge in [-0.15, -0.1) is 0 Å². The van der Waals surface area contributed by atoms with E-state index < -0.39 is 6.10 Å². The van der Waals surface area contributed by atoms with Crippen LogP contribution in [0.15, 0.2) is 36.4 Å². The number of hydrogen-bond acceptors (Lipinski definition) is 5. The Bertz CT molecular complexity index is 685. The van der Waals surface area contributed by atoms with Crippen molar-refractivity contribution in [2.75, 3.05) is 26.6 Å². The summed E-state index contributed by atoms with van der Waals surface area (Å²) < 4.78 is 15.7. The lowest BCUT2D eigenvalue weighted by atomic mass is 10.1. The summed E-state index contributed by atoms with van der Waals surface area (Å²) >= 11 is 0. The topological polar surface area (TPSA) is 77.0 Å². The third-order valence-corrected chi connectivity index (χ3v) is 3.58. The first kappa shape index (κ1) is 17.6. The summed E-state index contributed by atoms with van der Waals surface area (Å²) in [6.07, 6.45) is -0.551. The summed E-state index contributed by atoms with van der Waals surface area (Å²) in [4.78, 5) is 12.5. The van der Waals surface area contributed by atoms with Gasteiger partial charge in [-0.2, -0.15) is 0 Å². The summed E-state index contributed by atoms with van der Waals surface area (Å²) in [7, 11) is 4.49. The van der Waals surface area contributed by atoms with Crippen LogP contribution < -0.4 is 19.5 Å². The van der Waals surface area contributed by atoms with Crippen LogP contribution in [-0.4, -0.2) is 32.3 Å². The molecule has 6 heteroatoms. The van der Waals surface area contributed by atoms with Gasteiger partial charge >= 0.3 is 0 Å². The second-order valence-corrected chi connectivity index (χ2v) is 5.17. The molecule has 2 aromatic rings. The third kappa shape index (κ3) is 3.78. The maximum Gasteiger partial charge on any atom is 0.255 e. The standard InChI is InChI=1S/C18H21NO5/c1-11(20)12-5-7-14(8-6-12)19-18(21)13-9-15(22-2)17(24-4)16(10-13)23-3/h5-11,20H,1-4H3,(H,19,21)/t11-/m0/s1. The zero-order chi connectivity index (χ0) is 17.7. The van der Waals surface area contributed by atoms with Gasteiger partial charge in [0.15, 0.2) is 11.5 Å². The monoisotopic (exact) mass is 331 g/mol. The molecule has 0 unspecified atom stereocenters. The molecular formula is C18H21NO5. The number of ether oxygens (including phenoxy) is 3. The minimum atomic E-state index is -0.551. The molecule has 0 aliphatic heterocycles. The Kier molecular flexibility index (Phi) is 5.65. The molecule has 2 aromatic carbocycles. The number of hydrogen-bond donors (Lipinski definition) is 2. The first-order chi connectivity index (χ1) is 11.5. The van der Waals surface area contributed by atoms with E-state index in [1.807, 2.05) is 0 Å². The van der Waals surface area contributed by atoms with Gasteiger partial charge in [0.05, 0.1) is 27.4 Å². The number of nitrogens with one attached hydrogen (secondary N) is 1. The summed E-state index contributed by atoms with van der Waals surface area (Å²) in [5.41, 5.74) is 1.78. The van der Waals surface area contributed by atoms with Crippen LogP contribution in [0.2, 0.25) is 0 Å². The number of aliphatic hydroxyl groups excluding tert-OH is 1. The average Bonchev–Trinajstić information content (AvgIpc) is 2.60. The molecule has 0 fully saturated rings. The molecule has 24 heavy (non-hydrogen) atoms. The SMILES string of the molecule is COc1cc(C(=O)Nc2ccc([C@H](C)O)cc2)cc(OC)c1OC. The van der Waals surface area contributed by atoms with Gasteiger partial charge in [-0.05, 0) is 36.8 Å². The van der Waals surface area contributed by atoms with E-state index in [-0.39, 0.29) is 5.91 Å². The van der Waals surface area contributed by atoms with E-state index in [1.54, 1.807) is 43.3 Å². The molecule has 0 heterocycles. The molecule has 0 aromatic heterocycles. The van der Waals surface area contributed by atoms with Gasteiger partial charge in [0.25, 0.3) is 5.91 Å². The highest BCUT2D eigenvalue weighted by atomic mass is 16.5. The Labute approximate surface area is 141 Å². The van der Waals surface area contributed by atoms with Gasteiger partial charge in [0.1, 0.15) is 0 Å². The largest absolute Gasteiger partial charge is 0.493 e. The lowest BCUT2D eigenvalue weighted by Gasteiger charge is -2.14. The minimum Gasteiger partial charge on any atom is -0.493 e. The zero-order valence-corrected chi connectivity index (χ0v) is 14.1. The van der Waals surface area contributed by atoms with Crippen molar-refractivity contribution in [3.8, 4) is 17.2 Å². The first-order valence-corrected chi connectivity index (χ1v) is 7.39. The number of carbonyl (C=O) groups is 1. The molecule has 0 radical (unpaired) electrons. The molecule has 0 aliphatic carbocycles.